The zero-order valence-corrected chi connectivity index (χ0v) is 22.0. The Bertz CT molecular complexity index is 1470. The van der Waals surface area contributed by atoms with E-state index < -0.39 is 0 Å². The van der Waals surface area contributed by atoms with Gasteiger partial charge in [-0.15, -0.1) is 0 Å². The van der Waals surface area contributed by atoms with Crippen molar-refractivity contribution in [2.24, 2.45) is 0 Å². The molecule has 0 bridgehead atoms. The lowest BCUT2D eigenvalue weighted by molar-refractivity contribution is -0.119. The number of benzene rings is 3. The summed E-state index contributed by atoms with van der Waals surface area (Å²) in [6.07, 6.45) is 5.75. The Labute approximate surface area is 223 Å². The maximum atomic E-state index is 13.7. The quantitative estimate of drug-likeness (QED) is 0.315. The van der Waals surface area contributed by atoms with Crippen molar-refractivity contribution < 1.29 is 9.59 Å². The van der Waals surface area contributed by atoms with Crippen molar-refractivity contribution in [2.75, 3.05) is 22.9 Å². The van der Waals surface area contributed by atoms with Crippen LogP contribution in [0.25, 0.3) is 11.0 Å². The molecule has 194 valence electrons. The molecule has 6 rings (SSSR count). The predicted molar refractivity (Wildman–Crippen MR) is 152 cm³/mol. The van der Waals surface area contributed by atoms with E-state index in [0.29, 0.717) is 13.0 Å². The van der Waals surface area contributed by atoms with Crippen molar-refractivity contribution in [3.8, 4) is 0 Å². The maximum absolute atomic E-state index is 13.7. The first-order valence-corrected chi connectivity index (χ1v) is 13.8. The molecule has 1 unspecified atom stereocenters. The number of carbonyl (C=O) groups is 2. The summed E-state index contributed by atoms with van der Waals surface area (Å²) in [6, 6.07) is 24.5. The lowest BCUT2D eigenvalue weighted by atomic mass is 10.0. The average molecular weight is 507 g/mol. The van der Waals surface area contributed by atoms with E-state index in [1.54, 1.807) is 0 Å². The van der Waals surface area contributed by atoms with Crippen LogP contribution in [0.15, 0.2) is 72.8 Å². The summed E-state index contributed by atoms with van der Waals surface area (Å²) >= 11 is 0. The number of aryl methyl sites for hydroxylation is 2. The van der Waals surface area contributed by atoms with Gasteiger partial charge in [0, 0.05) is 36.8 Å². The highest BCUT2D eigenvalue weighted by Gasteiger charge is 2.35. The second-order valence-corrected chi connectivity index (χ2v) is 10.5. The molecular formula is C32H34N4O2. The first-order chi connectivity index (χ1) is 18.6. The first-order valence-electron chi connectivity index (χ1n) is 13.8. The van der Waals surface area contributed by atoms with Crippen molar-refractivity contribution in [2.45, 2.75) is 57.9 Å². The summed E-state index contributed by atoms with van der Waals surface area (Å²) in [5, 5.41) is 0. The minimum Gasteiger partial charge on any atom is -0.318 e. The highest BCUT2D eigenvalue weighted by Crippen LogP contribution is 2.34. The van der Waals surface area contributed by atoms with Gasteiger partial charge in [0.2, 0.25) is 11.8 Å². The van der Waals surface area contributed by atoms with Crippen molar-refractivity contribution in [1.82, 2.24) is 9.55 Å². The van der Waals surface area contributed by atoms with Crippen LogP contribution in [0.2, 0.25) is 0 Å². The van der Waals surface area contributed by atoms with Gasteiger partial charge in [0.05, 0.1) is 11.0 Å². The van der Waals surface area contributed by atoms with Crippen molar-refractivity contribution in [3.63, 3.8) is 0 Å². The van der Waals surface area contributed by atoms with Crippen LogP contribution in [0.1, 0.15) is 55.5 Å². The van der Waals surface area contributed by atoms with Crippen LogP contribution >= 0.6 is 0 Å². The molecule has 0 spiro atoms. The van der Waals surface area contributed by atoms with E-state index in [-0.39, 0.29) is 24.3 Å². The fraction of sp³-hybridized carbons (Fsp3) is 0.344. The second-order valence-electron chi connectivity index (χ2n) is 10.5. The number of hydrogen-bond acceptors (Lipinski definition) is 3. The molecule has 3 aromatic carbocycles. The van der Waals surface area contributed by atoms with E-state index in [1.165, 1.54) is 24.0 Å². The van der Waals surface area contributed by atoms with Crippen LogP contribution in [0.3, 0.4) is 0 Å². The Morgan fingerprint density at radius 2 is 1.79 bits per heavy atom. The summed E-state index contributed by atoms with van der Waals surface area (Å²) in [6.45, 7) is 3.70. The van der Waals surface area contributed by atoms with Crippen LogP contribution in [-0.4, -0.2) is 34.5 Å². The van der Waals surface area contributed by atoms with E-state index in [9.17, 15) is 9.59 Å². The molecule has 0 aliphatic carbocycles. The fourth-order valence-electron chi connectivity index (χ4n) is 5.94. The van der Waals surface area contributed by atoms with Gasteiger partial charge in [0.1, 0.15) is 12.4 Å². The monoisotopic (exact) mass is 506 g/mol. The van der Waals surface area contributed by atoms with Crippen molar-refractivity contribution in [3.05, 3.63) is 89.7 Å². The first kappa shape index (κ1) is 24.4. The van der Waals surface area contributed by atoms with Gasteiger partial charge in [-0.1, -0.05) is 55.8 Å². The third kappa shape index (κ3) is 4.60. The minimum atomic E-state index is -0.0730. The molecule has 3 heterocycles. The molecule has 2 aliphatic heterocycles. The summed E-state index contributed by atoms with van der Waals surface area (Å²) in [5.41, 5.74) is 6.27. The molecule has 0 radical (unpaired) electrons. The van der Waals surface area contributed by atoms with Crippen LogP contribution < -0.4 is 9.80 Å². The van der Waals surface area contributed by atoms with E-state index in [0.717, 1.165) is 54.0 Å². The molecule has 6 nitrogen and oxygen atoms in total. The van der Waals surface area contributed by atoms with Gasteiger partial charge >= 0.3 is 0 Å². The number of para-hydroxylation sites is 3. The third-order valence-corrected chi connectivity index (χ3v) is 7.95. The Balaban J connectivity index is 1.28. The molecule has 1 saturated heterocycles. The Hall–Kier alpha value is -3.93. The molecule has 0 N–H and O–H groups in total. The number of nitrogens with zero attached hydrogens (tertiary/aromatic N) is 4. The van der Waals surface area contributed by atoms with Crippen LogP contribution in [0.4, 0.5) is 11.4 Å². The van der Waals surface area contributed by atoms with Gasteiger partial charge in [-0.3, -0.25) is 9.59 Å². The Morgan fingerprint density at radius 1 is 1.00 bits per heavy atom. The van der Waals surface area contributed by atoms with Gasteiger partial charge in [-0.2, -0.15) is 0 Å². The van der Waals surface area contributed by atoms with E-state index in [2.05, 4.69) is 37.3 Å². The minimum absolute atomic E-state index is 0.0606. The zero-order chi connectivity index (χ0) is 26.1. The fourth-order valence-corrected chi connectivity index (χ4v) is 5.94. The van der Waals surface area contributed by atoms with Gasteiger partial charge in [0.25, 0.3) is 0 Å². The van der Waals surface area contributed by atoms with Gasteiger partial charge in [0.15, 0.2) is 0 Å². The molecule has 1 fully saturated rings. The van der Waals surface area contributed by atoms with E-state index in [4.69, 9.17) is 4.98 Å². The Kier molecular flexibility index (Phi) is 6.71. The number of rotatable bonds is 7. The SMILES string of the molecule is CCCCc1ccc(N2CC(c3nc4ccccc4n3CC(=O)N3CCCc4ccccc43)CC2=O)cc1. The largest absolute Gasteiger partial charge is 0.318 e. The van der Waals surface area contributed by atoms with Crippen LogP contribution in [0, 0.1) is 0 Å². The lowest BCUT2D eigenvalue weighted by Gasteiger charge is -2.30. The molecule has 1 aromatic heterocycles. The van der Waals surface area contributed by atoms with Crippen molar-refractivity contribution >= 4 is 34.2 Å². The number of aromatic nitrogens is 2. The molecular weight excluding hydrogens is 472 g/mol. The summed E-state index contributed by atoms with van der Waals surface area (Å²) in [5.74, 6) is 0.910. The molecule has 2 amide bonds. The number of amides is 2. The van der Waals surface area contributed by atoms with Crippen LogP contribution in [-0.2, 0) is 29.0 Å². The number of anilines is 2. The molecule has 1 atom stereocenters. The summed E-state index contributed by atoms with van der Waals surface area (Å²) < 4.78 is 2.05. The lowest BCUT2D eigenvalue weighted by Crippen LogP contribution is -2.38. The third-order valence-electron chi connectivity index (χ3n) is 7.95. The van der Waals surface area contributed by atoms with Gasteiger partial charge in [-0.05, 0) is 67.1 Å². The molecule has 6 heteroatoms. The predicted octanol–water partition coefficient (Wildman–Crippen LogP) is 5.88. The number of fused-ring (bicyclic) bond motifs is 2. The number of imidazole rings is 1. The number of hydrogen-bond donors (Lipinski definition) is 0. The number of unbranched alkanes of at least 4 members (excludes halogenated alkanes) is 1. The topological polar surface area (TPSA) is 58.4 Å². The Morgan fingerprint density at radius 3 is 2.63 bits per heavy atom. The average Bonchev–Trinajstić information content (AvgIpc) is 3.52. The van der Waals surface area contributed by atoms with Gasteiger partial charge in [-0.25, -0.2) is 4.98 Å². The van der Waals surface area contributed by atoms with E-state index >= 15 is 0 Å². The highest BCUT2D eigenvalue weighted by atomic mass is 16.2. The number of carbonyl (C=O) groups excluding carboxylic acids is 2. The normalized spacial score (nSPS) is 17.3. The molecule has 0 saturated carbocycles. The van der Waals surface area contributed by atoms with Crippen molar-refractivity contribution in [1.29, 1.82) is 0 Å². The van der Waals surface area contributed by atoms with Crippen LogP contribution in [0.5, 0.6) is 0 Å². The highest BCUT2D eigenvalue weighted by molar-refractivity contribution is 5.97. The molecule has 38 heavy (non-hydrogen) atoms. The standard InChI is InChI=1S/C32H34N4O2/c1-2-3-9-23-15-17-26(18-16-23)35-21-25(20-30(35)37)32-33-27-12-5-7-14-29(27)36(32)22-31(38)34-19-8-11-24-10-4-6-13-28(24)34/h4-7,10,12-18,25H,2-3,8-9,11,19-22H2,1H3. The van der Waals surface area contributed by atoms with E-state index in [1.807, 2.05) is 56.8 Å². The zero-order valence-electron chi connectivity index (χ0n) is 22.0. The smallest absolute Gasteiger partial charge is 0.246 e. The van der Waals surface area contributed by atoms with Gasteiger partial charge < -0.3 is 14.4 Å². The molecule has 4 aromatic rings. The maximum Gasteiger partial charge on any atom is 0.246 e. The molecule has 2 aliphatic rings. The summed E-state index contributed by atoms with van der Waals surface area (Å²) in [7, 11) is 0. The summed E-state index contributed by atoms with van der Waals surface area (Å²) in [4.78, 5) is 35.6. The second kappa shape index (κ2) is 10.4.